The predicted octanol–water partition coefficient (Wildman–Crippen LogP) is 3.93. The molecule has 10 heteroatoms. The molecule has 2 aromatic carbocycles. The lowest BCUT2D eigenvalue weighted by Crippen LogP contribution is -2.40. The summed E-state index contributed by atoms with van der Waals surface area (Å²) in [5.41, 5.74) is 3.51. The minimum Gasteiger partial charge on any atom is -0.319 e. The summed E-state index contributed by atoms with van der Waals surface area (Å²) in [5, 5.41) is 4.53. The van der Waals surface area contributed by atoms with E-state index >= 15 is 0 Å². The third-order valence-corrected chi connectivity index (χ3v) is 6.39. The number of rotatable bonds is 4. The fraction of sp³-hybridized carbons (Fsp3) is 0.316. The maximum Gasteiger partial charge on any atom is 0.320 e. The third kappa shape index (κ3) is 5.21. The van der Waals surface area contributed by atoms with Crippen molar-refractivity contribution in [2.24, 2.45) is 0 Å². The third-order valence-electron chi connectivity index (χ3n) is 4.82. The molecule has 0 radical (unpaired) electrons. The number of carbonyl (C=O) groups excluding carboxylic acids is 1. The molecule has 7 nitrogen and oxygen atoms in total. The van der Waals surface area contributed by atoms with Gasteiger partial charge in [-0.3, -0.25) is 4.55 Å². The van der Waals surface area contributed by atoms with Crippen LogP contribution < -0.4 is 10.6 Å². The summed E-state index contributed by atoms with van der Waals surface area (Å²) >= 11 is 12.6. The smallest absolute Gasteiger partial charge is 0.319 e. The molecule has 0 spiro atoms. The van der Waals surface area contributed by atoms with Crippen LogP contribution in [-0.4, -0.2) is 42.9 Å². The largest absolute Gasteiger partial charge is 0.320 e. The average molecular weight is 458 g/mol. The summed E-state index contributed by atoms with van der Waals surface area (Å²) in [7, 11) is -2.36. The monoisotopic (exact) mass is 457 g/mol. The Morgan fingerprint density at radius 3 is 2.69 bits per heavy atom. The maximum atomic E-state index is 12.1. The van der Waals surface area contributed by atoms with Crippen molar-refractivity contribution in [3.63, 3.8) is 0 Å². The van der Waals surface area contributed by atoms with Gasteiger partial charge < -0.3 is 15.5 Å². The van der Waals surface area contributed by atoms with Gasteiger partial charge in [-0.05, 0) is 54.9 Å². The van der Waals surface area contributed by atoms with Gasteiger partial charge in [-0.15, -0.1) is 0 Å². The number of anilines is 1. The van der Waals surface area contributed by atoms with E-state index < -0.39 is 21.5 Å². The lowest BCUT2D eigenvalue weighted by molar-refractivity contribution is 0.251. The number of nitrogens with zero attached hydrogens (tertiary/aromatic N) is 1. The topological polar surface area (TPSA) is 98.7 Å². The van der Waals surface area contributed by atoms with Gasteiger partial charge in [0.05, 0.1) is 0 Å². The summed E-state index contributed by atoms with van der Waals surface area (Å²) in [6, 6.07) is 10.2. The summed E-state index contributed by atoms with van der Waals surface area (Å²) < 4.78 is 31.1. The molecule has 0 aliphatic carbocycles. The van der Waals surface area contributed by atoms with Crippen molar-refractivity contribution in [1.29, 1.82) is 0 Å². The van der Waals surface area contributed by atoms with Gasteiger partial charge in [0, 0.05) is 34.7 Å². The van der Waals surface area contributed by atoms with Crippen molar-refractivity contribution >= 4 is 45.0 Å². The van der Waals surface area contributed by atoms with Crippen molar-refractivity contribution in [2.75, 3.05) is 18.9 Å². The second-order valence-electron chi connectivity index (χ2n) is 7.09. The number of amides is 2. The predicted molar refractivity (Wildman–Crippen MR) is 114 cm³/mol. The van der Waals surface area contributed by atoms with Crippen LogP contribution in [0.4, 0.5) is 10.5 Å². The minimum atomic E-state index is -4.37. The first-order valence-corrected chi connectivity index (χ1v) is 11.1. The number of halogens is 2. The number of hydrogen-bond acceptors (Lipinski definition) is 4. The molecule has 0 saturated carbocycles. The molecular formula is C19H21Cl2N3O4S. The second kappa shape index (κ2) is 8.49. The van der Waals surface area contributed by atoms with Crippen LogP contribution >= 0.6 is 23.2 Å². The van der Waals surface area contributed by atoms with Crippen molar-refractivity contribution in [2.45, 2.75) is 24.8 Å². The molecule has 0 bridgehead atoms. The van der Waals surface area contributed by atoms with Crippen molar-refractivity contribution < 1.29 is 17.8 Å². The van der Waals surface area contributed by atoms with Crippen LogP contribution in [0.3, 0.4) is 0 Å². The van der Waals surface area contributed by atoms with Crippen LogP contribution in [0.1, 0.15) is 29.5 Å². The van der Waals surface area contributed by atoms with Crippen LogP contribution in [0, 0.1) is 0 Å². The van der Waals surface area contributed by atoms with Crippen LogP contribution in [0.25, 0.3) is 0 Å². The normalized spacial score (nSPS) is 18.0. The van der Waals surface area contributed by atoms with E-state index in [1.54, 1.807) is 18.2 Å². The van der Waals surface area contributed by atoms with E-state index in [0.29, 0.717) is 15.7 Å². The van der Waals surface area contributed by atoms with Gasteiger partial charge >= 0.3 is 6.03 Å². The Hall–Kier alpha value is -1.84. The highest BCUT2D eigenvalue weighted by Crippen LogP contribution is 2.38. The molecule has 3 rings (SSSR count). The molecule has 2 amide bonds. The second-order valence-corrected chi connectivity index (χ2v) is 9.67. The molecule has 1 aliphatic rings. The highest BCUT2D eigenvalue weighted by Gasteiger charge is 2.27. The summed E-state index contributed by atoms with van der Waals surface area (Å²) in [4.78, 5) is 14.2. The van der Waals surface area contributed by atoms with Gasteiger partial charge in [0.15, 0.2) is 5.37 Å². The lowest BCUT2D eigenvalue weighted by atomic mass is 9.84. The fourth-order valence-corrected chi connectivity index (χ4v) is 4.21. The Bertz CT molecular complexity index is 1050. The molecule has 0 saturated heterocycles. The zero-order chi connectivity index (χ0) is 21.3. The molecular weight excluding hydrogens is 437 g/mol. The van der Waals surface area contributed by atoms with E-state index in [0.717, 1.165) is 29.8 Å². The van der Waals surface area contributed by atoms with E-state index in [4.69, 9.17) is 27.8 Å². The minimum absolute atomic E-state index is 0.00139. The summed E-state index contributed by atoms with van der Waals surface area (Å²) in [5.74, 6) is 0.00139. The van der Waals surface area contributed by atoms with E-state index in [1.165, 1.54) is 6.92 Å². The summed E-state index contributed by atoms with van der Waals surface area (Å²) in [6.07, 6.45) is 0. The standard InChI is InChI=1S/C19H21Cl2N3O4S/c1-11(29(26,27)28)22-19(25)23-14-5-3-4-12(6-14)16-9-24(2)10-17-15(16)7-13(20)8-18(17)21/h3-8,11,16H,9-10H2,1-2H3,(H2,22,23,25)(H,26,27,28). The number of carbonyl (C=O) groups is 1. The number of urea groups is 1. The van der Waals surface area contributed by atoms with Crippen molar-refractivity contribution in [3.8, 4) is 0 Å². The zero-order valence-electron chi connectivity index (χ0n) is 15.8. The molecule has 3 N–H and O–H groups in total. The van der Waals surface area contributed by atoms with Gasteiger partial charge in [0.1, 0.15) is 0 Å². The van der Waals surface area contributed by atoms with Crippen LogP contribution in [0.15, 0.2) is 36.4 Å². The first-order chi connectivity index (χ1) is 13.5. The van der Waals surface area contributed by atoms with Gasteiger partial charge in [0.25, 0.3) is 10.1 Å². The maximum absolute atomic E-state index is 12.1. The highest BCUT2D eigenvalue weighted by atomic mass is 35.5. The first kappa shape index (κ1) is 21.9. The Labute approximate surface area is 179 Å². The molecule has 1 heterocycles. The molecule has 0 aromatic heterocycles. The van der Waals surface area contributed by atoms with Crippen molar-refractivity contribution in [3.05, 3.63) is 63.1 Å². The van der Waals surface area contributed by atoms with Crippen LogP contribution in [0.5, 0.6) is 0 Å². The lowest BCUT2D eigenvalue weighted by Gasteiger charge is -2.33. The Morgan fingerprint density at radius 1 is 1.28 bits per heavy atom. The zero-order valence-corrected chi connectivity index (χ0v) is 18.1. The molecule has 2 atom stereocenters. The number of benzene rings is 2. The molecule has 1 aliphatic heterocycles. The summed E-state index contributed by atoms with van der Waals surface area (Å²) in [6.45, 7) is 2.64. The van der Waals surface area contributed by atoms with E-state index in [1.807, 2.05) is 25.2 Å². The van der Waals surface area contributed by atoms with Gasteiger partial charge in [-0.25, -0.2) is 4.79 Å². The number of fused-ring (bicyclic) bond motifs is 1. The van der Waals surface area contributed by atoms with Gasteiger partial charge in [-0.2, -0.15) is 8.42 Å². The number of likely N-dealkylation sites (N-methyl/N-ethyl adjacent to an activating group) is 1. The number of nitrogens with one attached hydrogen (secondary N) is 2. The molecule has 2 aromatic rings. The van der Waals surface area contributed by atoms with E-state index in [9.17, 15) is 13.2 Å². The highest BCUT2D eigenvalue weighted by molar-refractivity contribution is 7.86. The quantitative estimate of drug-likeness (QED) is 0.604. The first-order valence-electron chi connectivity index (χ1n) is 8.84. The molecule has 0 fully saturated rings. The molecule has 29 heavy (non-hydrogen) atoms. The molecule has 2 unspecified atom stereocenters. The van der Waals surface area contributed by atoms with Crippen molar-refractivity contribution in [1.82, 2.24) is 10.2 Å². The number of hydrogen-bond donors (Lipinski definition) is 3. The van der Waals surface area contributed by atoms with Crippen LogP contribution in [-0.2, 0) is 16.7 Å². The molecule has 156 valence electrons. The Kier molecular flexibility index (Phi) is 6.40. The van der Waals surface area contributed by atoms with Gasteiger partial charge in [0.2, 0.25) is 0 Å². The van der Waals surface area contributed by atoms with Crippen LogP contribution in [0.2, 0.25) is 10.0 Å². The Balaban J connectivity index is 1.86. The van der Waals surface area contributed by atoms with E-state index in [-0.39, 0.29) is 5.92 Å². The SMILES string of the molecule is CC(NC(=O)Nc1cccc(C2CN(C)Cc3c(Cl)cc(Cl)cc32)c1)S(=O)(=O)O. The average Bonchev–Trinajstić information content (AvgIpc) is 2.61. The fourth-order valence-electron chi connectivity index (χ4n) is 3.39. The Morgan fingerprint density at radius 2 is 2.00 bits per heavy atom. The van der Waals surface area contributed by atoms with E-state index in [2.05, 4.69) is 15.5 Å². The van der Waals surface area contributed by atoms with Gasteiger partial charge in [-0.1, -0.05) is 35.3 Å².